The van der Waals surface area contributed by atoms with Crippen LogP contribution in [0.4, 0.5) is 4.39 Å². The Kier molecular flexibility index (Phi) is 6.04. The van der Waals surface area contributed by atoms with E-state index >= 15 is 0 Å². The first-order valence-corrected chi connectivity index (χ1v) is 10.9. The second-order valence-electron chi connectivity index (χ2n) is 6.98. The zero-order valence-corrected chi connectivity index (χ0v) is 16.6. The zero-order chi connectivity index (χ0) is 16.4. The molecule has 0 heterocycles. The molecule has 0 radical (unpaired) electrons. The van der Waals surface area contributed by atoms with E-state index in [9.17, 15) is 4.39 Å². The molecule has 0 saturated heterocycles. The van der Waals surface area contributed by atoms with Crippen molar-refractivity contribution in [2.45, 2.75) is 51.7 Å². The number of benzene rings is 1. The highest BCUT2D eigenvalue weighted by molar-refractivity contribution is 9.10. The second-order valence-corrected chi connectivity index (χ2v) is 12.6. The molecular weight excluding hydrogens is 351 g/mol. The van der Waals surface area contributed by atoms with Crippen LogP contribution in [0, 0.1) is 5.82 Å². The van der Waals surface area contributed by atoms with Crippen molar-refractivity contribution in [1.82, 2.24) is 0 Å². The maximum Gasteiger partial charge on any atom is 0.192 e. The summed E-state index contributed by atoms with van der Waals surface area (Å²) in [4.78, 5) is 0. The average Bonchev–Trinajstić information content (AvgIpc) is 2.37. The molecule has 0 aliphatic carbocycles. The summed E-state index contributed by atoms with van der Waals surface area (Å²) in [5.41, 5.74) is 0.844. The number of rotatable bonds is 5. The smallest absolute Gasteiger partial charge is 0.192 e. The van der Waals surface area contributed by atoms with Gasteiger partial charge in [0.15, 0.2) is 8.32 Å². The Labute approximate surface area is 137 Å². The largest absolute Gasteiger partial charge is 0.496 e. The zero-order valence-electron chi connectivity index (χ0n) is 14.0. The van der Waals surface area contributed by atoms with Crippen LogP contribution in [0.1, 0.15) is 39.2 Å². The minimum atomic E-state index is -1.80. The molecule has 120 valence electrons. The lowest BCUT2D eigenvalue weighted by Crippen LogP contribution is -2.41. The van der Waals surface area contributed by atoms with Gasteiger partial charge >= 0.3 is 0 Å². The SMILES string of the molecule is COc1cc(Br)c(F)cc1[C@@H](C)CO[Si](C)(C)C(C)(C)C. The van der Waals surface area contributed by atoms with Crippen molar-refractivity contribution in [3.8, 4) is 5.75 Å². The van der Waals surface area contributed by atoms with Gasteiger partial charge in [0.25, 0.3) is 0 Å². The normalized spacial score (nSPS) is 14.1. The van der Waals surface area contributed by atoms with Gasteiger partial charge in [-0.2, -0.15) is 0 Å². The van der Waals surface area contributed by atoms with Gasteiger partial charge in [-0.1, -0.05) is 27.7 Å². The molecule has 0 aliphatic heterocycles. The third-order valence-corrected chi connectivity index (χ3v) is 9.41. The number of hydrogen-bond acceptors (Lipinski definition) is 2. The van der Waals surface area contributed by atoms with Crippen LogP contribution in [0.2, 0.25) is 18.1 Å². The summed E-state index contributed by atoms with van der Waals surface area (Å²) in [6.07, 6.45) is 0. The van der Waals surface area contributed by atoms with E-state index in [1.807, 2.05) is 6.92 Å². The lowest BCUT2D eigenvalue weighted by Gasteiger charge is -2.37. The minimum Gasteiger partial charge on any atom is -0.496 e. The lowest BCUT2D eigenvalue weighted by atomic mass is 10.0. The molecule has 0 aromatic heterocycles. The van der Waals surface area contributed by atoms with Crippen LogP contribution >= 0.6 is 15.9 Å². The molecular formula is C16H26BrFO2Si. The first kappa shape index (κ1) is 18.7. The number of halogens is 2. The summed E-state index contributed by atoms with van der Waals surface area (Å²) in [5.74, 6) is 0.497. The summed E-state index contributed by atoms with van der Waals surface area (Å²) < 4.78 is 25.8. The molecule has 1 atom stereocenters. The van der Waals surface area contributed by atoms with Crippen LogP contribution < -0.4 is 4.74 Å². The fourth-order valence-corrected chi connectivity index (χ4v) is 3.17. The summed E-state index contributed by atoms with van der Waals surface area (Å²) in [7, 11) is -0.195. The van der Waals surface area contributed by atoms with E-state index in [4.69, 9.17) is 9.16 Å². The average molecular weight is 377 g/mol. The molecule has 0 N–H and O–H groups in total. The van der Waals surface area contributed by atoms with E-state index in [1.54, 1.807) is 13.2 Å². The summed E-state index contributed by atoms with van der Waals surface area (Å²) in [5, 5.41) is 0.168. The van der Waals surface area contributed by atoms with E-state index in [0.29, 0.717) is 16.8 Å². The first-order chi connectivity index (χ1) is 9.49. The molecule has 0 saturated carbocycles. The molecule has 0 fully saturated rings. The van der Waals surface area contributed by atoms with Crippen molar-refractivity contribution in [1.29, 1.82) is 0 Å². The highest BCUT2D eigenvalue weighted by Crippen LogP contribution is 2.38. The molecule has 21 heavy (non-hydrogen) atoms. The van der Waals surface area contributed by atoms with Crippen molar-refractivity contribution in [3.63, 3.8) is 0 Å². The molecule has 5 heteroatoms. The van der Waals surface area contributed by atoms with Gasteiger partial charge < -0.3 is 9.16 Å². The van der Waals surface area contributed by atoms with Crippen molar-refractivity contribution < 1.29 is 13.6 Å². The van der Waals surface area contributed by atoms with Gasteiger partial charge in [-0.15, -0.1) is 0 Å². The fraction of sp³-hybridized carbons (Fsp3) is 0.625. The van der Waals surface area contributed by atoms with Gasteiger partial charge in [-0.05, 0) is 46.2 Å². The highest BCUT2D eigenvalue weighted by atomic mass is 79.9. The maximum absolute atomic E-state index is 13.8. The van der Waals surface area contributed by atoms with E-state index in [0.717, 1.165) is 5.56 Å². The van der Waals surface area contributed by atoms with Crippen LogP contribution in [-0.2, 0) is 4.43 Å². The van der Waals surface area contributed by atoms with Crippen LogP contribution in [0.5, 0.6) is 5.75 Å². The van der Waals surface area contributed by atoms with E-state index in [-0.39, 0.29) is 16.8 Å². The van der Waals surface area contributed by atoms with Gasteiger partial charge in [0, 0.05) is 18.1 Å². The predicted molar refractivity (Wildman–Crippen MR) is 92.2 cm³/mol. The predicted octanol–water partition coefficient (Wildman–Crippen LogP) is 5.72. The van der Waals surface area contributed by atoms with E-state index in [1.165, 1.54) is 6.07 Å². The second kappa shape index (κ2) is 6.80. The quantitative estimate of drug-likeness (QED) is 0.611. The standard InChI is InChI=1S/C16H26BrFO2Si/c1-11(10-20-21(6,7)16(2,3)4)12-8-14(18)13(17)9-15(12)19-5/h8-9,11H,10H2,1-7H3/t11-/m0/s1. The Morgan fingerprint density at radius 2 is 1.86 bits per heavy atom. The molecule has 1 aromatic carbocycles. The van der Waals surface area contributed by atoms with Crippen LogP contribution in [0.3, 0.4) is 0 Å². The van der Waals surface area contributed by atoms with Gasteiger partial charge in [0.2, 0.25) is 0 Å². The Hall–Kier alpha value is -0.393. The first-order valence-electron chi connectivity index (χ1n) is 7.16. The summed E-state index contributed by atoms with van der Waals surface area (Å²) in [6, 6.07) is 3.20. The van der Waals surface area contributed by atoms with Gasteiger partial charge in [0.1, 0.15) is 11.6 Å². The van der Waals surface area contributed by atoms with Crippen LogP contribution in [0.25, 0.3) is 0 Å². The lowest BCUT2D eigenvalue weighted by molar-refractivity contribution is 0.266. The summed E-state index contributed by atoms with van der Waals surface area (Å²) in [6.45, 7) is 13.7. The Morgan fingerprint density at radius 3 is 2.33 bits per heavy atom. The Balaban J connectivity index is 2.90. The number of hydrogen-bond donors (Lipinski definition) is 0. The van der Waals surface area contributed by atoms with Crippen LogP contribution in [0.15, 0.2) is 16.6 Å². The van der Waals surface area contributed by atoms with Gasteiger partial charge in [-0.3, -0.25) is 0 Å². The van der Waals surface area contributed by atoms with Crippen molar-refractivity contribution in [2.24, 2.45) is 0 Å². The number of methoxy groups -OCH3 is 1. The van der Waals surface area contributed by atoms with E-state index in [2.05, 4.69) is 49.8 Å². The molecule has 1 rings (SSSR count). The van der Waals surface area contributed by atoms with Crippen molar-refractivity contribution in [2.75, 3.05) is 13.7 Å². The molecule has 2 nitrogen and oxygen atoms in total. The maximum atomic E-state index is 13.8. The van der Waals surface area contributed by atoms with Crippen molar-refractivity contribution in [3.05, 3.63) is 28.0 Å². The monoisotopic (exact) mass is 376 g/mol. The topological polar surface area (TPSA) is 18.5 Å². The van der Waals surface area contributed by atoms with Crippen molar-refractivity contribution >= 4 is 24.2 Å². The molecule has 0 spiro atoms. The Bertz CT molecular complexity index is 498. The molecule has 0 unspecified atom stereocenters. The molecule has 1 aromatic rings. The highest BCUT2D eigenvalue weighted by Gasteiger charge is 2.37. The molecule has 0 aliphatic rings. The van der Waals surface area contributed by atoms with E-state index < -0.39 is 8.32 Å². The molecule has 0 amide bonds. The van der Waals surface area contributed by atoms with Gasteiger partial charge in [0.05, 0.1) is 11.6 Å². The Morgan fingerprint density at radius 1 is 1.29 bits per heavy atom. The summed E-state index contributed by atoms with van der Waals surface area (Å²) >= 11 is 3.19. The minimum absolute atomic E-state index is 0.0803. The third-order valence-electron chi connectivity index (χ3n) is 4.30. The molecule has 0 bridgehead atoms. The van der Waals surface area contributed by atoms with Crippen LogP contribution in [-0.4, -0.2) is 22.0 Å². The fourth-order valence-electron chi connectivity index (χ4n) is 1.75. The third kappa shape index (κ3) is 4.54. The van der Waals surface area contributed by atoms with Gasteiger partial charge in [-0.25, -0.2) is 4.39 Å². The number of ether oxygens (including phenoxy) is 1.